The molecule has 11 nitrogen and oxygen atoms in total. The number of ether oxygens (including phenoxy) is 10. The molecule has 0 aromatic rings. The summed E-state index contributed by atoms with van der Waals surface area (Å²) < 4.78 is 52.7. The first kappa shape index (κ1) is 32.7. The quantitative estimate of drug-likeness (QED) is 0.0853. The molecular weight excluding hydrogens is 452 g/mol. The standard InChI is InChI=1S/C23H42O11/c1-3-4-25-5-6-26-7-8-27-9-10-28-11-12-29-13-14-30-15-16-31-17-18-32-19-20-33-21-22-34-23(2)24/h1H,4-22H2,2H3. The van der Waals surface area contributed by atoms with Gasteiger partial charge in [-0.1, -0.05) is 5.92 Å². The van der Waals surface area contributed by atoms with Gasteiger partial charge in [-0.2, -0.15) is 0 Å². The first-order valence-electron chi connectivity index (χ1n) is 11.5. The van der Waals surface area contributed by atoms with Crippen LogP contribution in [0.4, 0.5) is 0 Å². The summed E-state index contributed by atoms with van der Waals surface area (Å²) in [5, 5.41) is 0. The van der Waals surface area contributed by atoms with E-state index in [2.05, 4.69) is 5.92 Å². The fraction of sp³-hybridized carbons (Fsp3) is 0.870. The second-order valence-corrected chi connectivity index (χ2v) is 6.50. The third-order valence-corrected chi connectivity index (χ3v) is 3.69. The van der Waals surface area contributed by atoms with Crippen LogP contribution >= 0.6 is 0 Å². The lowest BCUT2D eigenvalue weighted by atomic mass is 10.6. The van der Waals surface area contributed by atoms with Gasteiger partial charge < -0.3 is 47.4 Å². The van der Waals surface area contributed by atoms with Crippen molar-refractivity contribution in [1.82, 2.24) is 0 Å². The van der Waals surface area contributed by atoms with E-state index in [0.29, 0.717) is 119 Å². The van der Waals surface area contributed by atoms with E-state index in [0.717, 1.165) is 0 Å². The number of esters is 1. The topological polar surface area (TPSA) is 109 Å². The van der Waals surface area contributed by atoms with Gasteiger partial charge in [0.1, 0.15) is 13.2 Å². The Labute approximate surface area is 203 Å². The van der Waals surface area contributed by atoms with Crippen LogP contribution in [0.1, 0.15) is 6.92 Å². The Kier molecular flexibility index (Phi) is 28.5. The van der Waals surface area contributed by atoms with Crippen LogP contribution in [-0.4, -0.2) is 132 Å². The predicted octanol–water partition coefficient (Wildman–Crippen LogP) is 0.332. The van der Waals surface area contributed by atoms with Gasteiger partial charge in [0.25, 0.3) is 0 Å². The summed E-state index contributed by atoms with van der Waals surface area (Å²) in [6.45, 7) is 10.2. The molecule has 0 bridgehead atoms. The van der Waals surface area contributed by atoms with Crippen LogP contribution in [0.3, 0.4) is 0 Å². The second-order valence-electron chi connectivity index (χ2n) is 6.50. The maximum Gasteiger partial charge on any atom is 0.302 e. The van der Waals surface area contributed by atoms with Gasteiger partial charge in [-0.05, 0) is 0 Å². The molecule has 34 heavy (non-hydrogen) atoms. The largest absolute Gasteiger partial charge is 0.463 e. The van der Waals surface area contributed by atoms with Gasteiger partial charge in [-0.25, -0.2) is 0 Å². The Hall–Kier alpha value is -1.33. The van der Waals surface area contributed by atoms with Gasteiger partial charge in [-0.3, -0.25) is 4.79 Å². The molecule has 0 aromatic carbocycles. The van der Waals surface area contributed by atoms with Crippen molar-refractivity contribution < 1.29 is 52.2 Å². The van der Waals surface area contributed by atoms with Crippen LogP contribution in [-0.2, 0) is 52.2 Å². The third kappa shape index (κ3) is 30.7. The van der Waals surface area contributed by atoms with E-state index < -0.39 is 0 Å². The summed E-state index contributed by atoms with van der Waals surface area (Å²) in [7, 11) is 0. The Bertz CT molecular complexity index is 457. The van der Waals surface area contributed by atoms with E-state index in [-0.39, 0.29) is 12.6 Å². The molecule has 11 heteroatoms. The summed E-state index contributed by atoms with van der Waals surface area (Å²) >= 11 is 0. The number of terminal acetylenes is 1. The average Bonchev–Trinajstić information content (AvgIpc) is 2.83. The maximum absolute atomic E-state index is 10.5. The minimum atomic E-state index is -0.310. The highest BCUT2D eigenvalue weighted by Crippen LogP contribution is 1.86. The molecule has 0 amide bonds. The Morgan fingerprint density at radius 2 is 0.706 bits per heavy atom. The Morgan fingerprint density at radius 1 is 0.471 bits per heavy atom. The first-order valence-corrected chi connectivity index (χ1v) is 11.5. The highest BCUT2D eigenvalue weighted by molar-refractivity contribution is 5.65. The van der Waals surface area contributed by atoms with Gasteiger partial charge in [0.15, 0.2) is 0 Å². The molecular formula is C23H42O11. The van der Waals surface area contributed by atoms with Crippen molar-refractivity contribution in [3.05, 3.63) is 0 Å². The van der Waals surface area contributed by atoms with Crippen LogP contribution in [0, 0.1) is 12.3 Å². The normalized spacial score (nSPS) is 10.9. The molecule has 0 aliphatic rings. The monoisotopic (exact) mass is 494 g/mol. The van der Waals surface area contributed by atoms with Crippen molar-refractivity contribution in [1.29, 1.82) is 0 Å². The fourth-order valence-electron chi connectivity index (χ4n) is 2.13. The molecule has 0 unspecified atom stereocenters. The minimum absolute atomic E-state index is 0.260. The molecule has 0 aromatic heterocycles. The van der Waals surface area contributed by atoms with Gasteiger partial charge >= 0.3 is 5.97 Å². The van der Waals surface area contributed by atoms with E-state index in [9.17, 15) is 4.79 Å². The summed E-state index contributed by atoms with van der Waals surface area (Å²) in [6, 6.07) is 0. The number of hydrogen-bond acceptors (Lipinski definition) is 11. The minimum Gasteiger partial charge on any atom is -0.463 e. The zero-order valence-electron chi connectivity index (χ0n) is 20.5. The van der Waals surface area contributed by atoms with Crippen LogP contribution in [0.15, 0.2) is 0 Å². The lowest BCUT2D eigenvalue weighted by Gasteiger charge is -2.08. The second kappa shape index (κ2) is 29.7. The first-order chi connectivity index (χ1) is 16.8. The van der Waals surface area contributed by atoms with Gasteiger partial charge in [0, 0.05) is 6.92 Å². The van der Waals surface area contributed by atoms with E-state index >= 15 is 0 Å². The van der Waals surface area contributed by atoms with Crippen molar-refractivity contribution in [3.8, 4) is 12.3 Å². The van der Waals surface area contributed by atoms with Gasteiger partial charge in [0.05, 0.1) is 112 Å². The van der Waals surface area contributed by atoms with E-state index in [1.165, 1.54) is 6.92 Å². The highest BCUT2D eigenvalue weighted by Gasteiger charge is 1.96. The van der Waals surface area contributed by atoms with Crippen molar-refractivity contribution in [2.75, 3.05) is 126 Å². The summed E-state index contributed by atoms with van der Waals surface area (Å²) in [4.78, 5) is 10.5. The van der Waals surface area contributed by atoms with Crippen molar-refractivity contribution in [2.24, 2.45) is 0 Å². The molecule has 0 aliphatic carbocycles. The maximum atomic E-state index is 10.5. The van der Waals surface area contributed by atoms with Crippen molar-refractivity contribution in [2.45, 2.75) is 6.92 Å². The molecule has 0 saturated heterocycles. The number of hydrogen-bond donors (Lipinski definition) is 0. The zero-order valence-corrected chi connectivity index (χ0v) is 20.5. The lowest BCUT2D eigenvalue weighted by Crippen LogP contribution is -2.15. The number of carbonyl (C=O) groups is 1. The molecule has 0 N–H and O–H groups in total. The smallest absolute Gasteiger partial charge is 0.302 e. The lowest BCUT2D eigenvalue weighted by molar-refractivity contribution is -0.142. The Morgan fingerprint density at radius 3 is 0.941 bits per heavy atom. The van der Waals surface area contributed by atoms with Crippen LogP contribution in [0.25, 0.3) is 0 Å². The molecule has 200 valence electrons. The molecule has 0 aliphatic heterocycles. The number of carbonyl (C=O) groups excluding carboxylic acids is 1. The van der Waals surface area contributed by atoms with Crippen LogP contribution in [0.5, 0.6) is 0 Å². The predicted molar refractivity (Wildman–Crippen MR) is 123 cm³/mol. The molecule has 0 heterocycles. The molecule has 0 saturated carbocycles. The SMILES string of the molecule is C#CCOCCOCCOCCOCCOCCOCCOCCOCCOCCOC(C)=O. The Balaban J connectivity index is 3.02. The average molecular weight is 495 g/mol. The van der Waals surface area contributed by atoms with Crippen molar-refractivity contribution in [3.63, 3.8) is 0 Å². The van der Waals surface area contributed by atoms with E-state index in [1.807, 2.05) is 0 Å². The molecule has 0 fully saturated rings. The fourth-order valence-corrected chi connectivity index (χ4v) is 2.13. The van der Waals surface area contributed by atoms with Gasteiger partial charge in [0.2, 0.25) is 0 Å². The van der Waals surface area contributed by atoms with Crippen molar-refractivity contribution >= 4 is 5.97 Å². The molecule has 0 radical (unpaired) electrons. The highest BCUT2D eigenvalue weighted by atomic mass is 16.6. The molecule has 0 atom stereocenters. The zero-order chi connectivity index (χ0) is 24.8. The summed E-state index contributed by atoms with van der Waals surface area (Å²) in [6.07, 6.45) is 5.06. The van der Waals surface area contributed by atoms with Crippen LogP contribution in [0.2, 0.25) is 0 Å². The third-order valence-electron chi connectivity index (χ3n) is 3.69. The molecule has 0 spiro atoms. The number of rotatable bonds is 28. The summed E-state index contributed by atoms with van der Waals surface area (Å²) in [5.74, 6) is 2.08. The summed E-state index contributed by atoms with van der Waals surface area (Å²) in [5.41, 5.74) is 0. The van der Waals surface area contributed by atoms with E-state index in [1.54, 1.807) is 0 Å². The molecule has 0 rings (SSSR count). The van der Waals surface area contributed by atoms with Crippen LogP contribution < -0.4 is 0 Å². The van der Waals surface area contributed by atoms with Gasteiger partial charge in [-0.15, -0.1) is 6.42 Å². The van der Waals surface area contributed by atoms with E-state index in [4.69, 9.17) is 53.8 Å².